The Morgan fingerprint density at radius 2 is 0.886 bits per heavy atom. The van der Waals surface area contributed by atoms with Crippen molar-refractivity contribution >= 4 is 389 Å². The van der Waals surface area contributed by atoms with Crippen molar-refractivity contribution in [3.05, 3.63) is 120 Å². The van der Waals surface area contributed by atoms with Crippen molar-refractivity contribution in [1.82, 2.24) is 0 Å². The first kappa shape index (κ1) is 106. The molecule has 21 unspecified atom stereocenters. The van der Waals surface area contributed by atoms with Gasteiger partial charge in [0.2, 0.25) is 0 Å². The van der Waals surface area contributed by atoms with Gasteiger partial charge in [0.1, 0.15) is 23.1 Å². The number of carbonyl (C=O) groups is 1. The second-order valence-electron chi connectivity index (χ2n) is 13.0. The van der Waals surface area contributed by atoms with E-state index < -0.39 is 0 Å². The van der Waals surface area contributed by atoms with Gasteiger partial charge in [-0.2, -0.15) is 0 Å². The number of unbranched alkanes of at least 4 members (excludes halogenated alkanes) is 2. The van der Waals surface area contributed by atoms with Gasteiger partial charge < -0.3 is 21.8 Å². The van der Waals surface area contributed by atoms with E-state index in [4.69, 9.17) is 43.5 Å². The average molecular weight is 2300 g/mol. The summed E-state index contributed by atoms with van der Waals surface area (Å²) in [6, 6.07) is 19.9. The standard InChI is InChI=1S/C17H16ClFI2.C6H4ClIO.C6H4FIO.C3H6Br2.CH2O3.2K.H15P13.H11P9.H9P7.H/c18-14-8-6-12(16(20)10-14)4-2-1-3-5-13-7-9-15(19)11-17(13)21;2*7-4-1-2-6(9)5(8)3-4;4-2-1-3-5;2-1-4-3;;;1-8-12(9(2)3)13(10(4)5)11(6)7;1-6-9(7(2)3)8(4)5;1-5-7(4)6(2)3;/h6-11H,1-5H2;2*1-3,9H;1-3H2;1,3H;;;8H,1-7H2;6H,1-5H2;5H,1-4H2;/q;;;;;2*+1;;;;-1/p-1. The van der Waals surface area contributed by atoms with E-state index in [-0.39, 0.29) is 197 Å². The normalized spacial score (nSPS) is 11.5. The molecule has 0 heterocycles. The molecule has 0 fully saturated rings. The second kappa shape index (κ2) is 71.0. The predicted molar refractivity (Wildman–Crippen MR) is 481 cm³/mol. The minimum absolute atomic E-state index is 0. The Hall–Kier alpha value is 16.0. The molecular formula is C33H67Br2Cl2F2I4K2O5P29. The first-order valence-corrected chi connectivity index (χ1v) is 77.7. The molecule has 0 aliphatic heterocycles. The molecule has 79 heavy (non-hydrogen) atoms. The number of aromatic hydroxyl groups is 2. The van der Waals surface area contributed by atoms with Gasteiger partial charge in [-0.3, -0.25) is 4.79 Å². The molecule has 4 rings (SSSR count). The summed E-state index contributed by atoms with van der Waals surface area (Å²) in [7, 11) is 50.3. The van der Waals surface area contributed by atoms with Crippen LogP contribution in [0.3, 0.4) is 0 Å². The number of aryl methyl sites for hydroxylation is 2. The van der Waals surface area contributed by atoms with Crippen LogP contribution in [0.25, 0.3) is 0 Å². The van der Waals surface area contributed by atoms with Gasteiger partial charge in [-0.05, 0) is 264 Å². The third-order valence-electron chi connectivity index (χ3n) is 7.40. The van der Waals surface area contributed by atoms with Crippen LogP contribution < -0.4 is 108 Å². The number of carbonyl (C=O) groups excluding carboxylic acids is 1. The molecule has 0 aromatic heterocycles. The summed E-state index contributed by atoms with van der Waals surface area (Å²) in [5.41, 5.74) is 2.62. The zero-order valence-corrected chi connectivity index (χ0v) is 92.3. The Morgan fingerprint density at radius 3 is 1.11 bits per heavy atom. The summed E-state index contributed by atoms with van der Waals surface area (Å²) in [5, 5.41) is 29.9. The van der Waals surface area contributed by atoms with E-state index in [0.29, 0.717) is 15.6 Å². The van der Waals surface area contributed by atoms with Crippen molar-refractivity contribution in [3.63, 3.8) is 0 Å². The maximum Gasteiger partial charge on any atom is 1.00 e. The Labute approximate surface area is 693 Å². The number of benzene rings is 4. The van der Waals surface area contributed by atoms with Gasteiger partial charge in [0.05, 0.1) is 7.14 Å². The van der Waals surface area contributed by atoms with Crippen LogP contribution in [0.15, 0.2) is 72.8 Å². The molecule has 4 aromatic carbocycles. The van der Waals surface area contributed by atoms with Gasteiger partial charge >= 0.3 is 103 Å². The fraction of sp³-hybridized carbons (Fsp3) is 0.242. The zero-order chi connectivity index (χ0) is 60.4. The predicted octanol–water partition coefficient (Wildman–Crippen LogP) is 21.8. The maximum atomic E-state index is 13.0. The molecule has 0 amide bonds. The van der Waals surface area contributed by atoms with Gasteiger partial charge in [0.25, 0.3) is 6.47 Å². The van der Waals surface area contributed by atoms with Crippen LogP contribution in [-0.2, 0) is 22.5 Å². The Kier molecular flexibility index (Phi) is 95.2. The van der Waals surface area contributed by atoms with Crippen molar-refractivity contribution in [2.45, 2.75) is 38.5 Å². The summed E-state index contributed by atoms with van der Waals surface area (Å²) < 4.78 is 28.8. The number of hydrogen-bond acceptors (Lipinski definition) is 5. The summed E-state index contributed by atoms with van der Waals surface area (Å²) in [4.78, 5) is 11.2. The van der Waals surface area contributed by atoms with E-state index in [2.05, 4.69) is 231 Å². The van der Waals surface area contributed by atoms with E-state index in [1.165, 1.54) is 52.2 Å². The maximum absolute atomic E-state index is 13.0. The Balaban J connectivity index is -0.000000160. The van der Waals surface area contributed by atoms with Crippen LogP contribution in [-0.4, -0.2) is 27.3 Å². The summed E-state index contributed by atoms with van der Waals surface area (Å²) in [5.74, 6) is -0.0744. The van der Waals surface area contributed by atoms with Gasteiger partial charge in [-0.15, -0.1) is 143 Å². The summed E-state index contributed by atoms with van der Waals surface area (Å²) >= 11 is 26.6. The number of halogens is 10. The number of alkyl halides is 2. The number of phenolic OH excluding ortho intramolecular Hbond substituents is 2. The minimum Gasteiger partial charge on any atom is -1.00 e. The molecule has 0 aliphatic carbocycles. The molecule has 0 radical (unpaired) electrons. The largest absolute Gasteiger partial charge is 1.00 e. The molecule has 0 spiro atoms. The van der Waals surface area contributed by atoms with Gasteiger partial charge in [0, 0.05) is 27.8 Å². The molecule has 446 valence electrons. The summed E-state index contributed by atoms with van der Waals surface area (Å²) in [6.45, 7) is 1.78. The zero-order valence-electron chi connectivity index (χ0n) is 43.3. The van der Waals surface area contributed by atoms with Crippen LogP contribution in [0.4, 0.5) is 8.78 Å². The van der Waals surface area contributed by atoms with Crippen molar-refractivity contribution < 1.29 is 138 Å². The van der Waals surface area contributed by atoms with Gasteiger partial charge in [-0.25, -0.2) is 8.78 Å². The molecule has 2 N–H and O–H groups in total. The molecule has 46 heteroatoms. The first-order valence-electron chi connectivity index (χ1n) is 20.1. The third-order valence-corrected chi connectivity index (χ3v) is 161. The topological polar surface area (TPSA) is 89.8 Å². The SMILES string of the molecule is BrCCCBr.Fc1ccc(CCCCCc2ccc(Cl)cc2I)c(I)c1.O=CO[O-].Oc1ccc(Cl)cc1I.Oc1ccc(F)cc1I.PPP(P(P)P)P(P(P)P)P(P)P.PPP(P(P)P)P(P)P.PPP(P)P(P)P.[H-].[K+].[K+]. The average Bonchev–Trinajstić information content (AvgIpc) is 3.35. The molecular weight excluding hydrogens is 2230 g/mol. The number of hydrogen-bond donors (Lipinski definition) is 2. The number of phenols is 2. The molecule has 21 atom stereocenters. The smallest absolute Gasteiger partial charge is 1.00 e. The van der Waals surface area contributed by atoms with Crippen molar-refractivity contribution in [2.75, 3.05) is 10.7 Å². The van der Waals surface area contributed by atoms with Crippen LogP contribution in [0.2, 0.25) is 10.0 Å². The molecule has 5 nitrogen and oxygen atoms in total. The monoisotopic (exact) mass is 2290 g/mol. The van der Waals surface area contributed by atoms with E-state index >= 15 is 0 Å². The second-order valence-corrected chi connectivity index (χ2v) is 120. The van der Waals surface area contributed by atoms with Crippen molar-refractivity contribution in [2.24, 2.45) is 0 Å². The fourth-order valence-electron chi connectivity index (χ4n) is 4.11. The van der Waals surface area contributed by atoms with E-state index in [1.807, 2.05) is 63.4 Å². The quantitative estimate of drug-likeness (QED) is 0.0143. The third kappa shape index (κ3) is 62.3. The molecule has 0 saturated carbocycles. The Bertz CT molecular complexity index is 2030. The van der Waals surface area contributed by atoms with Gasteiger partial charge in [-0.1, -0.05) is 97.5 Å². The van der Waals surface area contributed by atoms with Crippen LogP contribution >= 0.6 is 382 Å². The molecule has 4 aromatic rings. The van der Waals surface area contributed by atoms with E-state index in [1.54, 1.807) is 30.3 Å². The Morgan fingerprint density at radius 1 is 0.544 bits per heavy atom. The van der Waals surface area contributed by atoms with Crippen LogP contribution in [0, 0.1) is 25.9 Å². The molecule has 0 saturated heterocycles. The van der Waals surface area contributed by atoms with Gasteiger partial charge in [0.15, 0.2) is 0 Å². The number of rotatable bonds is 19. The van der Waals surface area contributed by atoms with Crippen molar-refractivity contribution in [3.8, 4) is 11.5 Å². The first-order chi connectivity index (χ1) is 36.0. The van der Waals surface area contributed by atoms with Crippen LogP contribution in [0.1, 0.15) is 38.2 Å². The fourth-order valence-corrected chi connectivity index (χ4v) is 213. The van der Waals surface area contributed by atoms with E-state index in [0.717, 1.165) is 66.0 Å². The van der Waals surface area contributed by atoms with Crippen LogP contribution in [0.5, 0.6) is 11.5 Å². The van der Waals surface area contributed by atoms with Crippen molar-refractivity contribution in [1.29, 1.82) is 0 Å². The molecule has 0 aliphatic rings. The minimum atomic E-state index is -0.322. The summed E-state index contributed by atoms with van der Waals surface area (Å²) in [6.07, 6.45) is 6.85. The molecule has 0 bridgehead atoms. The van der Waals surface area contributed by atoms with E-state index in [9.17, 15) is 8.78 Å².